The van der Waals surface area contributed by atoms with Crippen molar-refractivity contribution >= 4 is 17.2 Å². The second-order valence-corrected chi connectivity index (χ2v) is 7.72. The molecule has 3 rings (SSSR count). The molecule has 1 amide bonds. The van der Waals surface area contributed by atoms with Gasteiger partial charge >= 0.3 is 0 Å². The first-order chi connectivity index (χ1) is 10.7. The Hall–Kier alpha value is -0.940. The summed E-state index contributed by atoms with van der Waals surface area (Å²) in [6.07, 6.45) is 8.57. The molecular weight excluding hydrogens is 294 g/mol. The summed E-state index contributed by atoms with van der Waals surface area (Å²) >= 11 is 1.70. The molecule has 5 heteroatoms. The Bertz CT molecular complexity index is 502. The van der Waals surface area contributed by atoms with Crippen LogP contribution in [0.1, 0.15) is 62.1 Å². The van der Waals surface area contributed by atoms with E-state index in [-0.39, 0.29) is 11.4 Å². The predicted molar refractivity (Wildman–Crippen MR) is 90.0 cm³/mol. The van der Waals surface area contributed by atoms with Gasteiger partial charge in [0.1, 0.15) is 5.01 Å². The molecular formula is C17H27N3OS. The molecule has 2 N–H and O–H groups in total. The molecule has 2 aliphatic rings. The molecule has 0 spiro atoms. The average molecular weight is 321 g/mol. The summed E-state index contributed by atoms with van der Waals surface area (Å²) in [4.78, 5) is 17.1. The lowest BCUT2D eigenvalue weighted by Gasteiger charge is -2.29. The van der Waals surface area contributed by atoms with Crippen molar-refractivity contribution in [3.05, 3.63) is 16.1 Å². The molecule has 122 valence electrons. The number of piperidine rings is 1. The highest BCUT2D eigenvalue weighted by Gasteiger charge is 2.39. The molecule has 1 aromatic rings. The molecule has 0 unspecified atom stereocenters. The molecule has 1 aromatic heterocycles. The van der Waals surface area contributed by atoms with E-state index in [4.69, 9.17) is 0 Å². The molecule has 4 nitrogen and oxygen atoms in total. The highest BCUT2D eigenvalue weighted by molar-refractivity contribution is 7.09. The number of amides is 1. The molecule has 0 atom stereocenters. The van der Waals surface area contributed by atoms with Gasteiger partial charge in [-0.2, -0.15) is 0 Å². The standard InChI is InChI=1S/C17H27N3OS/c1-13-12-22-16(19-13)17(8-2-3-9-17)20-15(21)5-4-14-6-10-18-11-7-14/h12,14,18H,2-11H2,1H3,(H,20,21). The molecule has 0 aromatic carbocycles. The van der Waals surface area contributed by atoms with E-state index in [0.717, 1.165) is 43.1 Å². The van der Waals surface area contributed by atoms with Gasteiger partial charge in [0.15, 0.2) is 0 Å². The van der Waals surface area contributed by atoms with Crippen molar-refractivity contribution < 1.29 is 4.79 Å². The molecule has 2 fully saturated rings. The predicted octanol–water partition coefficient (Wildman–Crippen LogP) is 3.12. The number of aryl methyl sites for hydroxylation is 1. The highest BCUT2D eigenvalue weighted by atomic mass is 32.1. The lowest BCUT2D eigenvalue weighted by Crippen LogP contribution is -2.44. The van der Waals surface area contributed by atoms with E-state index < -0.39 is 0 Å². The van der Waals surface area contributed by atoms with Gasteiger partial charge in [0.25, 0.3) is 0 Å². The Morgan fingerprint density at radius 1 is 1.41 bits per heavy atom. The summed E-state index contributed by atoms with van der Waals surface area (Å²) in [5.74, 6) is 0.932. The van der Waals surface area contributed by atoms with Gasteiger partial charge in [-0.3, -0.25) is 4.79 Å². The number of rotatable bonds is 5. The van der Waals surface area contributed by atoms with Crippen molar-refractivity contribution in [1.29, 1.82) is 0 Å². The third-order valence-corrected chi connectivity index (χ3v) is 6.27. The van der Waals surface area contributed by atoms with Gasteiger partial charge in [-0.05, 0) is 58.0 Å². The van der Waals surface area contributed by atoms with Crippen LogP contribution < -0.4 is 10.6 Å². The monoisotopic (exact) mass is 321 g/mol. The third-order valence-electron chi connectivity index (χ3n) is 5.10. The summed E-state index contributed by atoms with van der Waals surface area (Å²) < 4.78 is 0. The summed E-state index contributed by atoms with van der Waals surface area (Å²) in [5, 5.41) is 9.94. The molecule has 1 aliphatic carbocycles. The minimum Gasteiger partial charge on any atom is -0.344 e. The lowest BCUT2D eigenvalue weighted by atomic mass is 9.92. The van der Waals surface area contributed by atoms with E-state index in [2.05, 4.69) is 21.0 Å². The first-order valence-corrected chi connectivity index (χ1v) is 9.50. The zero-order chi connectivity index (χ0) is 15.4. The van der Waals surface area contributed by atoms with Crippen molar-refractivity contribution in [2.75, 3.05) is 13.1 Å². The maximum absolute atomic E-state index is 12.5. The normalized spacial score (nSPS) is 21.9. The van der Waals surface area contributed by atoms with Crippen LogP contribution in [0.4, 0.5) is 0 Å². The second kappa shape index (κ2) is 7.09. The fourth-order valence-corrected chi connectivity index (χ4v) is 4.79. The van der Waals surface area contributed by atoms with Crippen molar-refractivity contribution in [3.8, 4) is 0 Å². The van der Waals surface area contributed by atoms with Crippen molar-refractivity contribution in [2.24, 2.45) is 5.92 Å². The minimum absolute atomic E-state index is 0.176. The molecule has 22 heavy (non-hydrogen) atoms. The number of aromatic nitrogens is 1. The van der Waals surface area contributed by atoms with Crippen LogP contribution in [0, 0.1) is 12.8 Å². The minimum atomic E-state index is -0.176. The van der Waals surface area contributed by atoms with Crippen LogP contribution in [-0.2, 0) is 10.3 Å². The third kappa shape index (κ3) is 3.69. The Balaban J connectivity index is 1.57. The fraction of sp³-hybridized carbons (Fsp3) is 0.765. The molecule has 0 radical (unpaired) electrons. The highest BCUT2D eigenvalue weighted by Crippen LogP contribution is 2.40. The van der Waals surface area contributed by atoms with Crippen molar-refractivity contribution in [2.45, 2.75) is 63.8 Å². The van der Waals surface area contributed by atoms with E-state index >= 15 is 0 Å². The average Bonchev–Trinajstić information content (AvgIpc) is 3.16. The number of hydrogen-bond acceptors (Lipinski definition) is 4. The number of hydrogen-bond donors (Lipinski definition) is 2. The Kier molecular flexibility index (Phi) is 5.14. The van der Waals surface area contributed by atoms with E-state index in [9.17, 15) is 4.79 Å². The zero-order valence-corrected chi connectivity index (χ0v) is 14.3. The van der Waals surface area contributed by atoms with Crippen LogP contribution >= 0.6 is 11.3 Å². The molecule has 0 bridgehead atoms. The fourth-order valence-electron chi connectivity index (χ4n) is 3.78. The largest absolute Gasteiger partial charge is 0.344 e. The molecule has 1 saturated heterocycles. The van der Waals surface area contributed by atoms with Crippen LogP contribution in [-0.4, -0.2) is 24.0 Å². The van der Waals surface area contributed by atoms with Crippen molar-refractivity contribution in [3.63, 3.8) is 0 Å². The van der Waals surface area contributed by atoms with Crippen LogP contribution in [0.25, 0.3) is 0 Å². The molecule has 1 saturated carbocycles. The number of carbonyl (C=O) groups is 1. The van der Waals surface area contributed by atoms with E-state index in [1.807, 2.05) is 6.92 Å². The quantitative estimate of drug-likeness (QED) is 0.876. The zero-order valence-electron chi connectivity index (χ0n) is 13.5. The first kappa shape index (κ1) is 15.9. The van der Waals surface area contributed by atoms with E-state index in [1.54, 1.807) is 11.3 Å². The summed E-state index contributed by atoms with van der Waals surface area (Å²) in [6, 6.07) is 0. The van der Waals surface area contributed by atoms with Gasteiger partial charge in [-0.15, -0.1) is 11.3 Å². The van der Waals surface area contributed by atoms with Crippen LogP contribution in [0.2, 0.25) is 0 Å². The van der Waals surface area contributed by atoms with Crippen LogP contribution in [0.5, 0.6) is 0 Å². The lowest BCUT2D eigenvalue weighted by molar-refractivity contribution is -0.123. The number of nitrogens with zero attached hydrogens (tertiary/aromatic N) is 1. The summed E-state index contributed by atoms with van der Waals surface area (Å²) in [5.41, 5.74) is 0.889. The van der Waals surface area contributed by atoms with Crippen LogP contribution in [0.3, 0.4) is 0 Å². The Morgan fingerprint density at radius 3 is 2.77 bits per heavy atom. The summed E-state index contributed by atoms with van der Waals surface area (Å²) in [6.45, 7) is 4.24. The van der Waals surface area contributed by atoms with Gasteiger partial charge in [0.05, 0.1) is 5.54 Å². The number of nitrogens with one attached hydrogen (secondary N) is 2. The first-order valence-electron chi connectivity index (χ1n) is 8.62. The van der Waals surface area contributed by atoms with E-state index in [1.165, 1.54) is 25.7 Å². The smallest absolute Gasteiger partial charge is 0.220 e. The molecule has 1 aliphatic heterocycles. The van der Waals surface area contributed by atoms with Gasteiger partial charge in [0.2, 0.25) is 5.91 Å². The summed E-state index contributed by atoms with van der Waals surface area (Å²) in [7, 11) is 0. The van der Waals surface area contributed by atoms with Crippen LogP contribution in [0.15, 0.2) is 5.38 Å². The topological polar surface area (TPSA) is 54.0 Å². The maximum Gasteiger partial charge on any atom is 0.220 e. The number of carbonyl (C=O) groups excluding carboxylic acids is 1. The maximum atomic E-state index is 12.5. The Labute approximate surface area is 137 Å². The van der Waals surface area contributed by atoms with Gasteiger partial charge in [0, 0.05) is 17.5 Å². The van der Waals surface area contributed by atoms with Gasteiger partial charge in [-0.1, -0.05) is 12.8 Å². The van der Waals surface area contributed by atoms with E-state index in [0.29, 0.717) is 12.3 Å². The number of thiazole rings is 1. The molecule has 2 heterocycles. The van der Waals surface area contributed by atoms with Gasteiger partial charge in [-0.25, -0.2) is 4.98 Å². The Morgan fingerprint density at radius 2 is 2.14 bits per heavy atom. The second-order valence-electron chi connectivity index (χ2n) is 6.86. The SMILES string of the molecule is Cc1csc(C2(NC(=O)CCC3CCNCC3)CCCC2)n1. The van der Waals surface area contributed by atoms with Gasteiger partial charge < -0.3 is 10.6 Å². The van der Waals surface area contributed by atoms with Crippen molar-refractivity contribution in [1.82, 2.24) is 15.6 Å².